The Morgan fingerprint density at radius 3 is 2.54 bits per heavy atom. The molecule has 6 rings (SSSR count). The minimum Gasteiger partial charge on any atom is -0.340 e. The van der Waals surface area contributed by atoms with Crippen molar-refractivity contribution >= 4 is 21.7 Å². The van der Waals surface area contributed by atoms with Gasteiger partial charge in [0.1, 0.15) is 11.4 Å². The van der Waals surface area contributed by atoms with Crippen LogP contribution in [0.5, 0.6) is 0 Å². The standard InChI is InChI=1S/C27H27F2N5O4S/c1-14-23(26(36)33-12-27(28,29)13-33)32-24(31-14)20-9-17(6-7-30-20)18-8-19-11-34(15(2)16-4-5-16)25(35)22(19)21(10-18)39(3,37)38/h6-10,15-16H,4-5,11-13H2,1-3H3,(H,31,32). The fourth-order valence-corrected chi connectivity index (χ4v) is 6.33. The number of amides is 2. The van der Waals surface area contributed by atoms with E-state index in [9.17, 15) is 26.8 Å². The number of pyridine rings is 1. The fourth-order valence-electron chi connectivity index (χ4n) is 5.40. The van der Waals surface area contributed by atoms with Gasteiger partial charge in [-0.1, -0.05) is 0 Å². The van der Waals surface area contributed by atoms with Crippen molar-refractivity contribution in [1.82, 2.24) is 24.8 Å². The zero-order chi connectivity index (χ0) is 27.9. The third-order valence-electron chi connectivity index (χ3n) is 7.75. The molecule has 1 saturated heterocycles. The van der Waals surface area contributed by atoms with Crippen LogP contribution in [-0.4, -0.2) is 76.3 Å². The number of imidazole rings is 1. The average Bonchev–Trinajstić information content (AvgIpc) is 3.57. The van der Waals surface area contributed by atoms with E-state index in [1.165, 1.54) is 6.07 Å². The number of rotatable bonds is 6. The van der Waals surface area contributed by atoms with E-state index in [0.717, 1.165) is 24.0 Å². The van der Waals surface area contributed by atoms with Crippen LogP contribution >= 0.6 is 0 Å². The zero-order valence-electron chi connectivity index (χ0n) is 21.7. The Morgan fingerprint density at radius 2 is 1.90 bits per heavy atom. The SMILES string of the molecule is Cc1[nH]c(-c2cc(-c3cc4c(c(S(C)(=O)=O)c3)C(=O)N(C(C)C3CC3)C4)ccn2)nc1C(=O)N1CC(F)(F)C1. The third kappa shape index (κ3) is 4.50. The Morgan fingerprint density at radius 1 is 1.18 bits per heavy atom. The van der Waals surface area contributed by atoms with Crippen molar-refractivity contribution in [3.8, 4) is 22.6 Å². The van der Waals surface area contributed by atoms with Gasteiger partial charge >= 0.3 is 0 Å². The molecule has 1 aliphatic carbocycles. The smallest absolute Gasteiger partial charge is 0.282 e. The molecule has 1 unspecified atom stereocenters. The van der Waals surface area contributed by atoms with Crippen LogP contribution in [0.25, 0.3) is 22.6 Å². The van der Waals surface area contributed by atoms with Crippen molar-refractivity contribution in [2.24, 2.45) is 5.92 Å². The maximum Gasteiger partial charge on any atom is 0.282 e. The second-order valence-corrected chi connectivity index (χ2v) is 12.8. The molecule has 0 spiro atoms. The summed E-state index contributed by atoms with van der Waals surface area (Å²) in [6, 6.07) is 6.83. The van der Waals surface area contributed by atoms with Crippen LogP contribution in [0.4, 0.5) is 8.78 Å². The molecule has 2 amide bonds. The normalized spacial score (nSPS) is 19.2. The first kappa shape index (κ1) is 25.6. The molecular weight excluding hydrogens is 528 g/mol. The van der Waals surface area contributed by atoms with Gasteiger partial charge in [0.05, 0.1) is 23.5 Å². The molecule has 12 heteroatoms. The van der Waals surface area contributed by atoms with Gasteiger partial charge in [-0.05, 0) is 73.6 Å². The third-order valence-corrected chi connectivity index (χ3v) is 8.87. The second kappa shape index (κ2) is 8.67. The molecule has 39 heavy (non-hydrogen) atoms. The summed E-state index contributed by atoms with van der Waals surface area (Å²) >= 11 is 0. The Kier molecular flexibility index (Phi) is 5.69. The Hall–Kier alpha value is -3.67. The van der Waals surface area contributed by atoms with Crippen LogP contribution in [0, 0.1) is 12.8 Å². The van der Waals surface area contributed by atoms with Gasteiger partial charge < -0.3 is 14.8 Å². The number of nitrogens with one attached hydrogen (secondary N) is 1. The number of hydrogen-bond donors (Lipinski definition) is 1. The van der Waals surface area contributed by atoms with Gasteiger partial charge in [0, 0.05) is 30.7 Å². The lowest BCUT2D eigenvalue weighted by atomic mass is 10.0. The van der Waals surface area contributed by atoms with E-state index in [2.05, 4.69) is 15.0 Å². The predicted molar refractivity (Wildman–Crippen MR) is 138 cm³/mol. The van der Waals surface area contributed by atoms with Crippen molar-refractivity contribution in [2.75, 3.05) is 19.3 Å². The van der Waals surface area contributed by atoms with Crippen LogP contribution in [0.15, 0.2) is 35.4 Å². The van der Waals surface area contributed by atoms with Crippen LogP contribution in [0.1, 0.15) is 51.9 Å². The number of aryl methyl sites for hydroxylation is 1. The molecule has 9 nitrogen and oxygen atoms in total. The monoisotopic (exact) mass is 555 g/mol. The topological polar surface area (TPSA) is 116 Å². The molecule has 2 aromatic heterocycles. The molecule has 3 aliphatic rings. The molecule has 0 bridgehead atoms. The van der Waals surface area contributed by atoms with E-state index >= 15 is 0 Å². The first-order valence-corrected chi connectivity index (χ1v) is 14.6. The van der Waals surface area contributed by atoms with Gasteiger partial charge in [-0.15, -0.1) is 0 Å². The number of aromatic amines is 1. The van der Waals surface area contributed by atoms with E-state index in [-0.39, 0.29) is 33.9 Å². The van der Waals surface area contributed by atoms with E-state index in [4.69, 9.17) is 0 Å². The lowest BCUT2D eigenvalue weighted by molar-refractivity contribution is -0.113. The molecule has 1 atom stereocenters. The number of benzene rings is 1. The molecule has 0 radical (unpaired) electrons. The molecule has 3 aromatic rings. The molecule has 1 aromatic carbocycles. The predicted octanol–water partition coefficient (Wildman–Crippen LogP) is 3.70. The number of fused-ring (bicyclic) bond motifs is 1. The number of alkyl halides is 2. The van der Waals surface area contributed by atoms with Crippen molar-refractivity contribution in [1.29, 1.82) is 0 Å². The molecule has 1 N–H and O–H groups in total. The zero-order valence-corrected chi connectivity index (χ0v) is 22.5. The largest absolute Gasteiger partial charge is 0.340 e. The molecule has 4 heterocycles. The maximum absolute atomic E-state index is 13.3. The molecule has 2 fully saturated rings. The van der Waals surface area contributed by atoms with Crippen molar-refractivity contribution in [2.45, 2.75) is 50.1 Å². The van der Waals surface area contributed by atoms with Gasteiger partial charge in [-0.25, -0.2) is 22.2 Å². The van der Waals surface area contributed by atoms with Gasteiger partial charge in [0.25, 0.3) is 17.7 Å². The minimum atomic E-state index is -3.71. The van der Waals surface area contributed by atoms with Gasteiger partial charge in [0.2, 0.25) is 0 Å². The first-order chi connectivity index (χ1) is 18.3. The summed E-state index contributed by atoms with van der Waals surface area (Å²) in [5, 5.41) is 0. The summed E-state index contributed by atoms with van der Waals surface area (Å²) in [5.41, 5.74) is 3.03. The Bertz CT molecular complexity index is 1640. The van der Waals surface area contributed by atoms with Gasteiger partial charge in [-0.3, -0.25) is 14.6 Å². The summed E-state index contributed by atoms with van der Waals surface area (Å²) in [6.45, 7) is 2.72. The van der Waals surface area contributed by atoms with Crippen LogP contribution in [-0.2, 0) is 16.4 Å². The Balaban J connectivity index is 1.35. The van der Waals surface area contributed by atoms with Crippen molar-refractivity contribution in [3.63, 3.8) is 0 Å². The maximum atomic E-state index is 13.3. The highest BCUT2D eigenvalue weighted by Crippen LogP contribution is 2.41. The van der Waals surface area contributed by atoms with Crippen molar-refractivity contribution < 1.29 is 26.8 Å². The lowest BCUT2D eigenvalue weighted by Crippen LogP contribution is -2.58. The van der Waals surface area contributed by atoms with Crippen molar-refractivity contribution in [3.05, 3.63) is 53.0 Å². The fraction of sp³-hybridized carbons (Fsp3) is 0.407. The number of H-pyrrole nitrogens is 1. The van der Waals surface area contributed by atoms with Crippen LogP contribution in [0.3, 0.4) is 0 Å². The molecule has 2 aliphatic heterocycles. The quantitative estimate of drug-likeness (QED) is 0.496. The highest BCUT2D eigenvalue weighted by Gasteiger charge is 2.47. The van der Waals surface area contributed by atoms with E-state index < -0.39 is 34.8 Å². The number of sulfone groups is 1. The number of carbonyl (C=O) groups is 2. The van der Waals surface area contributed by atoms with Gasteiger partial charge in [-0.2, -0.15) is 0 Å². The van der Waals surface area contributed by atoms with E-state index in [0.29, 0.717) is 40.5 Å². The summed E-state index contributed by atoms with van der Waals surface area (Å²) in [7, 11) is -3.71. The Labute approximate surface area is 224 Å². The van der Waals surface area contributed by atoms with Crippen LogP contribution in [0.2, 0.25) is 0 Å². The number of hydrogen-bond acceptors (Lipinski definition) is 6. The minimum absolute atomic E-state index is 0.00284. The summed E-state index contributed by atoms with van der Waals surface area (Å²) < 4.78 is 52.1. The van der Waals surface area contributed by atoms with E-state index in [1.807, 2.05) is 13.0 Å². The highest BCUT2D eigenvalue weighted by molar-refractivity contribution is 7.90. The number of aromatic nitrogens is 3. The summed E-state index contributed by atoms with van der Waals surface area (Å²) in [4.78, 5) is 40.4. The number of nitrogens with zero attached hydrogens (tertiary/aromatic N) is 4. The number of likely N-dealkylation sites (tertiary alicyclic amines) is 1. The first-order valence-electron chi connectivity index (χ1n) is 12.7. The molecule has 1 saturated carbocycles. The molecule has 204 valence electrons. The van der Waals surface area contributed by atoms with Gasteiger partial charge in [0.15, 0.2) is 15.7 Å². The molecular formula is C27H27F2N5O4S. The average molecular weight is 556 g/mol. The summed E-state index contributed by atoms with van der Waals surface area (Å²) in [5.74, 6) is -2.98. The highest BCUT2D eigenvalue weighted by atomic mass is 32.2. The lowest BCUT2D eigenvalue weighted by Gasteiger charge is -2.38. The second-order valence-electron chi connectivity index (χ2n) is 10.8. The number of carbonyl (C=O) groups excluding carboxylic acids is 2. The number of halogens is 2. The van der Waals surface area contributed by atoms with E-state index in [1.54, 1.807) is 30.2 Å². The summed E-state index contributed by atoms with van der Waals surface area (Å²) in [6.07, 6.45) is 4.77. The van der Waals surface area contributed by atoms with Crippen LogP contribution < -0.4 is 0 Å².